The molecule has 1 amide bonds. The summed E-state index contributed by atoms with van der Waals surface area (Å²) in [5.74, 6) is -2.75. The molecule has 0 aliphatic heterocycles. The van der Waals surface area contributed by atoms with E-state index in [2.05, 4.69) is 10.4 Å². The zero-order valence-electron chi connectivity index (χ0n) is 16.8. The summed E-state index contributed by atoms with van der Waals surface area (Å²) in [5.41, 5.74) is 2.27. The number of hydrogen-bond donors (Lipinski definition) is 1. The number of ether oxygens (including phenoxy) is 1. The normalized spacial score (nSPS) is 11.8. The molecule has 3 aromatic rings. The fourth-order valence-corrected chi connectivity index (χ4v) is 3.18. The molecule has 0 fully saturated rings. The lowest BCUT2D eigenvalue weighted by molar-refractivity contribution is -0.124. The number of amides is 1. The minimum absolute atomic E-state index is 0.131. The van der Waals surface area contributed by atoms with Gasteiger partial charge in [-0.05, 0) is 39.0 Å². The molecule has 6 nitrogen and oxygen atoms in total. The van der Waals surface area contributed by atoms with E-state index in [1.54, 1.807) is 25.5 Å². The Bertz CT molecular complexity index is 1080. The lowest BCUT2D eigenvalue weighted by Crippen LogP contribution is -2.31. The number of aryl methyl sites for hydroxylation is 1. The molecule has 0 bridgehead atoms. The molecule has 1 N–H and O–H groups in total. The lowest BCUT2D eigenvalue weighted by Gasteiger charge is -2.15. The van der Waals surface area contributed by atoms with E-state index in [1.165, 1.54) is 6.07 Å². The predicted molar refractivity (Wildman–Crippen MR) is 106 cm³/mol. The van der Waals surface area contributed by atoms with Crippen LogP contribution in [0.2, 0.25) is 0 Å². The zero-order chi connectivity index (χ0) is 21.8. The average Bonchev–Trinajstić information content (AvgIpc) is 3.01. The number of benzene rings is 2. The largest absolute Gasteiger partial charge is 0.452 e. The number of carbonyl (C=O) groups excluding carboxylic acids is 2. The van der Waals surface area contributed by atoms with Gasteiger partial charge in [-0.25, -0.2) is 18.3 Å². The quantitative estimate of drug-likeness (QED) is 0.624. The molecule has 1 heterocycles. The standard InChI is InChI=1S/C22H21F2N3O3/c1-13(18-10-9-16(23)11-19(18)24)25-20(28)12-30-22(29)21-14(2)26-27(15(21)3)17-7-5-4-6-8-17/h4-11,13H,12H2,1-3H3,(H,25,28)/t13-/m0/s1. The molecule has 0 unspecified atom stereocenters. The Morgan fingerprint density at radius 2 is 1.83 bits per heavy atom. The Labute approximate surface area is 172 Å². The summed E-state index contributed by atoms with van der Waals surface area (Å²) in [5, 5.41) is 6.90. The van der Waals surface area contributed by atoms with Crippen LogP contribution in [0.4, 0.5) is 8.78 Å². The topological polar surface area (TPSA) is 73.2 Å². The Hall–Kier alpha value is -3.55. The molecule has 0 radical (unpaired) electrons. The number of nitrogens with one attached hydrogen (secondary N) is 1. The van der Waals surface area contributed by atoms with E-state index in [0.717, 1.165) is 17.8 Å². The lowest BCUT2D eigenvalue weighted by atomic mass is 10.1. The van der Waals surface area contributed by atoms with Gasteiger partial charge in [-0.3, -0.25) is 4.79 Å². The number of carbonyl (C=O) groups is 2. The molecular weight excluding hydrogens is 392 g/mol. The SMILES string of the molecule is Cc1nn(-c2ccccc2)c(C)c1C(=O)OCC(=O)N[C@@H](C)c1ccc(F)cc1F. The summed E-state index contributed by atoms with van der Waals surface area (Å²) in [4.78, 5) is 24.7. The maximum atomic E-state index is 13.8. The van der Waals surface area contributed by atoms with Crippen LogP contribution in [-0.2, 0) is 9.53 Å². The third kappa shape index (κ3) is 4.53. The summed E-state index contributed by atoms with van der Waals surface area (Å²) in [7, 11) is 0. The van der Waals surface area contributed by atoms with Gasteiger partial charge in [-0.15, -0.1) is 0 Å². The molecular formula is C22H21F2N3O3. The Balaban J connectivity index is 1.64. The Morgan fingerprint density at radius 3 is 2.50 bits per heavy atom. The van der Waals surface area contributed by atoms with Gasteiger partial charge in [0, 0.05) is 11.6 Å². The van der Waals surface area contributed by atoms with E-state index in [-0.39, 0.29) is 11.1 Å². The molecule has 0 saturated heterocycles. The van der Waals surface area contributed by atoms with Gasteiger partial charge < -0.3 is 10.1 Å². The van der Waals surface area contributed by atoms with Crippen LogP contribution >= 0.6 is 0 Å². The third-order valence-electron chi connectivity index (χ3n) is 4.64. The molecule has 30 heavy (non-hydrogen) atoms. The van der Waals surface area contributed by atoms with Gasteiger partial charge >= 0.3 is 5.97 Å². The number of nitrogens with zero attached hydrogens (tertiary/aromatic N) is 2. The van der Waals surface area contributed by atoms with E-state index >= 15 is 0 Å². The molecule has 0 spiro atoms. The number of rotatable bonds is 6. The smallest absolute Gasteiger partial charge is 0.342 e. The number of aromatic nitrogens is 2. The van der Waals surface area contributed by atoms with Crippen molar-refractivity contribution in [3.63, 3.8) is 0 Å². The van der Waals surface area contributed by atoms with Crippen LogP contribution in [0.3, 0.4) is 0 Å². The maximum Gasteiger partial charge on any atom is 0.342 e. The first kappa shape index (κ1) is 21.2. The van der Waals surface area contributed by atoms with Crippen LogP contribution < -0.4 is 5.32 Å². The molecule has 0 aliphatic carbocycles. The molecule has 2 aromatic carbocycles. The number of halogens is 2. The molecule has 1 atom stereocenters. The van der Waals surface area contributed by atoms with Crippen molar-refractivity contribution in [2.45, 2.75) is 26.8 Å². The van der Waals surface area contributed by atoms with Crippen LogP contribution in [0.5, 0.6) is 0 Å². The second kappa shape index (κ2) is 8.86. The van der Waals surface area contributed by atoms with E-state index in [9.17, 15) is 18.4 Å². The van der Waals surface area contributed by atoms with Crippen molar-refractivity contribution in [3.05, 3.63) is 82.7 Å². The fraction of sp³-hybridized carbons (Fsp3) is 0.227. The van der Waals surface area contributed by atoms with Crippen molar-refractivity contribution in [1.29, 1.82) is 0 Å². The summed E-state index contributed by atoms with van der Waals surface area (Å²) in [6.07, 6.45) is 0. The van der Waals surface area contributed by atoms with Crippen LogP contribution in [-0.4, -0.2) is 28.3 Å². The fourth-order valence-electron chi connectivity index (χ4n) is 3.18. The summed E-state index contributed by atoms with van der Waals surface area (Å²) >= 11 is 0. The first-order valence-corrected chi connectivity index (χ1v) is 9.31. The monoisotopic (exact) mass is 413 g/mol. The predicted octanol–water partition coefficient (Wildman–Crippen LogP) is 3.80. The first-order chi connectivity index (χ1) is 14.3. The first-order valence-electron chi connectivity index (χ1n) is 9.31. The highest BCUT2D eigenvalue weighted by atomic mass is 19.1. The van der Waals surface area contributed by atoms with Gasteiger partial charge in [0.25, 0.3) is 5.91 Å². The van der Waals surface area contributed by atoms with Crippen molar-refractivity contribution in [2.24, 2.45) is 0 Å². The minimum atomic E-state index is -0.764. The zero-order valence-corrected chi connectivity index (χ0v) is 16.8. The van der Waals surface area contributed by atoms with Gasteiger partial charge in [-0.2, -0.15) is 5.10 Å². The van der Waals surface area contributed by atoms with Crippen molar-refractivity contribution in [3.8, 4) is 5.69 Å². The van der Waals surface area contributed by atoms with Crippen LogP contribution in [0.15, 0.2) is 48.5 Å². The number of para-hydroxylation sites is 1. The second-order valence-electron chi connectivity index (χ2n) is 6.82. The van der Waals surface area contributed by atoms with Crippen molar-refractivity contribution < 1.29 is 23.1 Å². The summed E-state index contributed by atoms with van der Waals surface area (Å²) < 4.78 is 33.6. The van der Waals surface area contributed by atoms with Crippen LogP contribution in [0.25, 0.3) is 5.69 Å². The highest BCUT2D eigenvalue weighted by molar-refractivity contribution is 5.93. The van der Waals surface area contributed by atoms with Crippen molar-refractivity contribution in [1.82, 2.24) is 15.1 Å². The van der Waals surface area contributed by atoms with E-state index < -0.39 is 36.2 Å². The summed E-state index contributed by atoms with van der Waals surface area (Å²) in [6.45, 7) is 4.43. The molecule has 3 rings (SSSR count). The van der Waals surface area contributed by atoms with Crippen molar-refractivity contribution in [2.75, 3.05) is 6.61 Å². The Kier molecular flexibility index (Phi) is 6.25. The number of hydrogen-bond acceptors (Lipinski definition) is 4. The van der Waals surface area contributed by atoms with Gasteiger partial charge in [-0.1, -0.05) is 24.3 Å². The minimum Gasteiger partial charge on any atom is -0.452 e. The highest BCUT2D eigenvalue weighted by Gasteiger charge is 2.22. The van der Waals surface area contributed by atoms with Gasteiger partial charge in [0.1, 0.15) is 17.2 Å². The maximum absolute atomic E-state index is 13.8. The van der Waals surface area contributed by atoms with Crippen molar-refractivity contribution >= 4 is 11.9 Å². The summed E-state index contributed by atoms with van der Waals surface area (Å²) in [6, 6.07) is 11.7. The molecule has 0 aliphatic rings. The Morgan fingerprint density at radius 1 is 1.13 bits per heavy atom. The van der Waals surface area contributed by atoms with Crippen LogP contribution in [0.1, 0.15) is 40.3 Å². The highest BCUT2D eigenvalue weighted by Crippen LogP contribution is 2.19. The third-order valence-corrected chi connectivity index (χ3v) is 4.64. The van der Waals surface area contributed by atoms with E-state index in [0.29, 0.717) is 11.4 Å². The van der Waals surface area contributed by atoms with Gasteiger partial charge in [0.2, 0.25) is 0 Å². The van der Waals surface area contributed by atoms with E-state index in [4.69, 9.17) is 4.74 Å². The van der Waals surface area contributed by atoms with E-state index in [1.807, 2.05) is 30.3 Å². The molecule has 156 valence electrons. The number of esters is 1. The molecule has 1 aromatic heterocycles. The van der Waals surface area contributed by atoms with Crippen LogP contribution in [0, 0.1) is 25.5 Å². The average molecular weight is 413 g/mol. The molecule has 8 heteroatoms. The van der Waals surface area contributed by atoms with Gasteiger partial charge in [0.15, 0.2) is 6.61 Å². The second-order valence-corrected chi connectivity index (χ2v) is 6.82. The molecule has 0 saturated carbocycles. The van der Waals surface area contributed by atoms with Gasteiger partial charge in [0.05, 0.1) is 23.1 Å².